The van der Waals surface area contributed by atoms with E-state index in [2.05, 4.69) is 52.3 Å². The molecule has 3 N–H and O–H groups in total. The number of rotatable bonds is 15. The van der Waals surface area contributed by atoms with E-state index in [0.717, 1.165) is 28.7 Å². The van der Waals surface area contributed by atoms with Crippen molar-refractivity contribution >= 4 is 34.3 Å². The topological polar surface area (TPSA) is 109 Å². The Labute approximate surface area is 279 Å². The lowest BCUT2D eigenvalue weighted by atomic mass is 9.77. The lowest BCUT2D eigenvalue weighted by Gasteiger charge is -2.36. The minimum absolute atomic E-state index is 0.0657. The molecule has 0 aliphatic rings. The van der Waals surface area contributed by atoms with Crippen LogP contribution in [0.2, 0.25) is 0 Å². The predicted molar refractivity (Wildman–Crippen MR) is 185 cm³/mol. The van der Waals surface area contributed by atoms with Crippen molar-refractivity contribution in [3.05, 3.63) is 155 Å². The number of esters is 1. The fourth-order valence-electron chi connectivity index (χ4n) is 5.34. The molecule has 47 heavy (non-hydrogen) atoms. The first-order chi connectivity index (χ1) is 23.0. The Hall–Kier alpha value is -5.28. The predicted octanol–water partition coefficient (Wildman–Crippen LogP) is 6.23. The Balaban J connectivity index is 1.32. The number of benzene rings is 4. The summed E-state index contributed by atoms with van der Waals surface area (Å²) in [6.45, 7) is 2.44. The first-order valence-corrected chi connectivity index (χ1v) is 16.5. The highest BCUT2D eigenvalue weighted by molar-refractivity contribution is 7.13. The molecular weight excluding hydrogens is 609 g/mol. The van der Waals surface area contributed by atoms with Gasteiger partial charge in [-0.1, -0.05) is 128 Å². The van der Waals surface area contributed by atoms with E-state index in [1.54, 1.807) is 0 Å². The van der Waals surface area contributed by atoms with E-state index in [9.17, 15) is 14.4 Å². The van der Waals surface area contributed by atoms with Crippen LogP contribution in [0.5, 0.6) is 0 Å². The van der Waals surface area contributed by atoms with Gasteiger partial charge in [0.1, 0.15) is 18.2 Å². The highest BCUT2D eigenvalue weighted by Gasteiger charge is 2.37. The van der Waals surface area contributed by atoms with Gasteiger partial charge in [-0.15, -0.1) is 11.3 Å². The van der Waals surface area contributed by atoms with Gasteiger partial charge in [0.25, 0.3) is 0 Å². The van der Waals surface area contributed by atoms with Gasteiger partial charge in [0, 0.05) is 11.9 Å². The molecule has 1 atom stereocenters. The SMILES string of the molecule is CCCNC(=O)[C@H](CC(=O)OCc1ccccc1)NC(=O)Cc1csc(NC(c2ccccc2)(c2ccccc2)c2ccccc2)n1. The summed E-state index contributed by atoms with van der Waals surface area (Å²) in [6, 6.07) is 38.8. The third-order valence-corrected chi connectivity index (χ3v) is 8.43. The molecule has 1 heterocycles. The first kappa shape index (κ1) is 33.1. The van der Waals surface area contributed by atoms with Crippen LogP contribution in [0.15, 0.2) is 127 Å². The molecule has 4 aromatic carbocycles. The summed E-state index contributed by atoms with van der Waals surface area (Å²) in [4.78, 5) is 43.6. The highest BCUT2D eigenvalue weighted by Crippen LogP contribution is 2.40. The number of hydrogen-bond acceptors (Lipinski definition) is 7. The first-order valence-electron chi connectivity index (χ1n) is 15.6. The summed E-state index contributed by atoms with van der Waals surface area (Å²) < 4.78 is 5.38. The molecule has 5 aromatic rings. The molecule has 240 valence electrons. The summed E-state index contributed by atoms with van der Waals surface area (Å²) in [5.41, 5.74) is 3.72. The Morgan fingerprint density at radius 3 is 1.85 bits per heavy atom. The molecule has 0 aliphatic heterocycles. The molecule has 0 fully saturated rings. The minimum atomic E-state index is -1.07. The molecule has 0 unspecified atom stereocenters. The lowest BCUT2D eigenvalue weighted by Crippen LogP contribution is -2.48. The maximum absolute atomic E-state index is 13.2. The number of nitrogens with zero attached hydrogens (tertiary/aromatic N) is 1. The molecular formula is C38H38N4O4S. The molecule has 8 nitrogen and oxygen atoms in total. The fourth-order valence-corrected chi connectivity index (χ4v) is 6.11. The standard InChI is InChI=1S/C38H38N4O4S/c1-2-23-39-36(45)33(25-35(44)46-26-28-15-7-3-8-16-28)41-34(43)24-32-27-47-37(40-32)42-38(29-17-9-4-10-18-29,30-19-11-5-12-20-30)31-21-13-6-14-22-31/h3-22,27,33H,2,23-26H2,1H3,(H,39,45)(H,40,42)(H,41,43)/t33-/m0/s1. The van der Waals surface area contributed by atoms with Gasteiger partial charge >= 0.3 is 5.97 Å². The fraction of sp³-hybridized carbons (Fsp3) is 0.211. The summed E-state index contributed by atoms with van der Waals surface area (Å²) >= 11 is 1.40. The maximum atomic E-state index is 13.2. The normalized spacial score (nSPS) is 11.7. The Morgan fingerprint density at radius 1 is 0.787 bits per heavy atom. The molecule has 2 amide bonds. The van der Waals surface area contributed by atoms with Crippen LogP contribution < -0.4 is 16.0 Å². The zero-order valence-corrected chi connectivity index (χ0v) is 27.0. The number of amides is 2. The van der Waals surface area contributed by atoms with Crippen LogP contribution in [0.25, 0.3) is 0 Å². The summed E-state index contributed by atoms with van der Waals surface area (Å²) in [6.07, 6.45) is 0.367. The van der Waals surface area contributed by atoms with Gasteiger partial charge in [0.05, 0.1) is 18.5 Å². The van der Waals surface area contributed by atoms with Crippen LogP contribution in [0.1, 0.15) is 47.7 Å². The Kier molecular flexibility index (Phi) is 11.5. The number of aromatic nitrogens is 1. The van der Waals surface area contributed by atoms with Gasteiger partial charge < -0.3 is 20.7 Å². The molecule has 0 spiro atoms. The number of hydrogen-bond donors (Lipinski definition) is 3. The molecule has 0 saturated heterocycles. The summed E-state index contributed by atoms with van der Waals surface area (Å²) in [5, 5.41) is 11.7. The number of ether oxygens (including phenoxy) is 1. The Morgan fingerprint density at radius 2 is 1.32 bits per heavy atom. The van der Waals surface area contributed by atoms with Gasteiger partial charge in [-0.3, -0.25) is 14.4 Å². The van der Waals surface area contributed by atoms with Gasteiger partial charge in [0.15, 0.2) is 5.13 Å². The van der Waals surface area contributed by atoms with Gasteiger partial charge in [-0.05, 0) is 28.7 Å². The van der Waals surface area contributed by atoms with Crippen LogP contribution >= 0.6 is 11.3 Å². The summed E-state index contributed by atoms with van der Waals surface area (Å²) in [5.74, 6) is -1.43. The van der Waals surface area contributed by atoms with Crippen molar-refractivity contribution in [2.24, 2.45) is 0 Å². The number of thiazole rings is 1. The zero-order chi connectivity index (χ0) is 32.9. The van der Waals surface area contributed by atoms with Crippen molar-refractivity contribution in [2.75, 3.05) is 11.9 Å². The van der Waals surface area contributed by atoms with E-state index in [0.29, 0.717) is 17.4 Å². The van der Waals surface area contributed by atoms with Crippen LogP contribution in [0.3, 0.4) is 0 Å². The summed E-state index contributed by atoms with van der Waals surface area (Å²) in [7, 11) is 0. The molecule has 0 aliphatic carbocycles. The maximum Gasteiger partial charge on any atom is 0.308 e. The van der Waals surface area contributed by atoms with Gasteiger partial charge in [-0.2, -0.15) is 0 Å². The third-order valence-electron chi connectivity index (χ3n) is 7.62. The second-order valence-electron chi connectivity index (χ2n) is 11.1. The zero-order valence-electron chi connectivity index (χ0n) is 26.2. The number of carbonyl (C=O) groups excluding carboxylic acids is 3. The van der Waals surface area contributed by atoms with Crippen LogP contribution in [0, 0.1) is 0 Å². The smallest absolute Gasteiger partial charge is 0.308 e. The minimum Gasteiger partial charge on any atom is -0.461 e. The van der Waals surface area contributed by atoms with Crippen molar-refractivity contribution in [1.82, 2.24) is 15.6 Å². The van der Waals surface area contributed by atoms with E-state index in [4.69, 9.17) is 9.72 Å². The number of anilines is 1. The van der Waals surface area contributed by atoms with E-state index in [1.807, 2.05) is 97.2 Å². The third kappa shape index (κ3) is 8.71. The van der Waals surface area contributed by atoms with Crippen molar-refractivity contribution in [2.45, 2.75) is 44.4 Å². The largest absolute Gasteiger partial charge is 0.461 e. The highest BCUT2D eigenvalue weighted by atomic mass is 32.1. The van der Waals surface area contributed by atoms with Crippen molar-refractivity contribution < 1.29 is 19.1 Å². The van der Waals surface area contributed by atoms with Gasteiger partial charge in [-0.25, -0.2) is 4.98 Å². The van der Waals surface area contributed by atoms with Crippen LogP contribution in [0.4, 0.5) is 5.13 Å². The van der Waals surface area contributed by atoms with Crippen molar-refractivity contribution in [1.29, 1.82) is 0 Å². The second kappa shape index (κ2) is 16.3. The van der Waals surface area contributed by atoms with Crippen LogP contribution in [-0.2, 0) is 37.7 Å². The monoisotopic (exact) mass is 646 g/mol. The second-order valence-corrected chi connectivity index (χ2v) is 11.9. The molecule has 0 saturated carbocycles. The molecule has 0 radical (unpaired) electrons. The Bertz CT molecular complexity index is 1630. The van der Waals surface area contributed by atoms with Gasteiger partial charge in [0.2, 0.25) is 11.8 Å². The number of carbonyl (C=O) groups is 3. The molecule has 1 aromatic heterocycles. The van der Waals surface area contributed by atoms with Crippen LogP contribution in [-0.4, -0.2) is 35.4 Å². The van der Waals surface area contributed by atoms with E-state index in [-0.39, 0.29) is 19.4 Å². The molecule has 5 rings (SSSR count). The quantitative estimate of drug-likeness (QED) is 0.0919. The lowest BCUT2D eigenvalue weighted by molar-refractivity contribution is -0.147. The molecule has 9 heteroatoms. The molecule has 0 bridgehead atoms. The van der Waals surface area contributed by atoms with Crippen molar-refractivity contribution in [3.63, 3.8) is 0 Å². The average molecular weight is 647 g/mol. The van der Waals surface area contributed by atoms with Crippen molar-refractivity contribution in [3.8, 4) is 0 Å². The van der Waals surface area contributed by atoms with E-state index >= 15 is 0 Å². The number of nitrogens with one attached hydrogen (secondary N) is 3. The van der Waals surface area contributed by atoms with E-state index < -0.39 is 29.4 Å². The van der Waals surface area contributed by atoms with E-state index in [1.165, 1.54) is 11.3 Å². The average Bonchev–Trinajstić information content (AvgIpc) is 3.56.